The van der Waals surface area contributed by atoms with E-state index in [1.54, 1.807) is 12.1 Å². The largest absolute Gasteiger partial charge is 0.504 e. The monoisotopic (exact) mass is 166 g/mol. The van der Waals surface area contributed by atoms with Crippen molar-refractivity contribution in [3.05, 3.63) is 17.7 Å². The van der Waals surface area contributed by atoms with Crippen LogP contribution in [0, 0.1) is 0 Å². The number of hydrogen-bond donors (Lipinski definition) is 3. The van der Waals surface area contributed by atoms with Gasteiger partial charge in [-0.05, 0) is 24.1 Å². The molecular formula is C9H14N2O. The molecule has 1 aromatic rings. The second-order valence-electron chi connectivity index (χ2n) is 2.87. The average molecular weight is 166 g/mol. The Bertz CT molecular complexity index is 261. The molecule has 1 aromatic carbocycles. The average Bonchev–Trinajstić information content (AvgIpc) is 2.01. The minimum atomic E-state index is -0.00477. The van der Waals surface area contributed by atoms with Crippen LogP contribution in [0.4, 0.5) is 11.4 Å². The number of rotatable bonds is 2. The van der Waals surface area contributed by atoms with Gasteiger partial charge in [-0.1, -0.05) is 13.3 Å². The first-order valence-electron chi connectivity index (χ1n) is 4.02. The Morgan fingerprint density at radius 2 is 1.75 bits per heavy atom. The second kappa shape index (κ2) is 3.34. The number of aromatic hydroxyl groups is 1. The summed E-state index contributed by atoms with van der Waals surface area (Å²) >= 11 is 0. The molecule has 0 amide bonds. The van der Waals surface area contributed by atoms with Gasteiger partial charge in [0.2, 0.25) is 0 Å². The first-order chi connectivity index (χ1) is 5.65. The van der Waals surface area contributed by atoms with Crippen LogP contribution in [0.5, 0.6) is 5.75 Å². The molecule has 0 aliphatic heterocycles. The molecule has 0 atom stereocenters. The van der Waals surface area contributed by atoms with Gasteiger partial charge < -0.3 is 16.6 Å². The molecule has 0 fully saturated rings. The molecule has 66 valence electrons. The Morgan fingerprint density at radius 1 is 1.25 bits per heavy atom. The van der Waals surface area contributed by atoms with E-state index >= 15 is 0 Å². The van der Waals surface area contributed by atoms with Gasteiger partial charge in [0, 0.05) is 0 Å². The Kier molecular flexibility index (Phi) is 2.43. The summed E-state index contributed by atoms with van der Waals surface area (Å²) in [6.07, 6.45) is 1.98. The lowest BCUT2D eigenvalue weighted by molar-refractivity contribution is 0.480. The minimum absolute atomic E-state index is 0.00477. The van der Waals surface area contributed by atoms with Crippen molar-refractivity contribution < 1.29 is 5.11 Å². The molecular weight excluding hydrogens is 152 g/mol. The van der Waals surface area contributed by atoms with Crippen LogP contribution in [0.15, 0.2) is 12.1 Å². The molecule has 0 spiro atoms. The molecule has 1 rings (SSSR count). The number of nitrogen functional groups attached to an aromatic ring is 2. The van der Waals surface area contributed by atoms with Crippen LogP contribution in [0.3, 0.4) is 0 Å². The molecule has 0 aliphatic rings. The predicted molar refractivity (Wildman–Crippen MR) is 50.9 cm³/mol. The van der Waals surface area contributed by atoms with Gasteiger partial charge in [0.25, 0.3) is 0 Å². The van der Waals surface area contributed by atoms with Crippen molar-refractivity contribution >= 4 is 11.4 Å². The van der Waals surface area contributed by atoms with Crippen molar-refractivity contribution in [1.82, 2.24) is 0 Å². The van der Waals surface area contributed by atoms with Crippen molar-refractivity contribution in [3.63, 3.8) is 0 Å². The highest BCUT2D eigenvalue weighted by Gasteiger charge is 2.03. The van der Waals surface area contributed by atoms with Crippen molar-refractivity contribution in [2.75, 3.05) is 11.5 Å². The van der Waals surface area contributed by atoms with E-state index in [2.05, 4.69) is 6.92 Å². The second-order valence-corrected chi connectivity index (χ2v) is 2.87. The highest BCUT2D eigenvalue weighted by Crippen LogP contribution is 2.29. The molecule has 3 heteroatoms. The highest BCUT2D eigenvalue weighted by molar-refractivity contribution is 5.67. The van der Waals surface area contributed by atoms with E-state index in [4.69, 9.17) is 11.5 Å². The minimum Gasteiger partial charge on any atom is -0.504 e. The zero-order valence-electron chi connectivity index (χ0n) is 7.17. The Hall–Kier alpha value is -1.38. The third-order valence-electron chi connectivity index (χ3n) is 1.77. The number of hydrogen-bond acceptors (Lipinski definition) is 3. The third kappa shape index (κ3) is 1.61. The zero-order chi connectivity index (χ0) is 9.14. The number of nitrogens with two attached hydrogens (primary N) is 2. The summed E-state index contributed by atoms with van der Waals surface area (Å²) in [5.74, 6) is -0.00477. The molecule has 5 N–H and O–H groups in total. The van der Waals surface area contributed by atoms with Gasteiger partial charge >= 0.3 is 0 Å². The number of anilines is 2. The third-order valence-corrected chi connectivity index (χ3v) is 1.77. The lowest BCUT2D eigenvalue weighted by Crippen LogP contribution is -1.95. The van der Waals surface area contributed by atoms with E-state index in [0.29, 0.717) is 11.4 Å². The van der Waals surface area contributed by atoms with Gasteiger partial charge in [-0.25, -0.2) is 0 Å². The number of phenols is 1. The summed E-state index contributed by atoms with van der Waals surface area (Å²) in [5.41, 5.74) is 12.8. The van der Waals surface area contributed by atoms with Crippen molar-refractivity contribution in [1.29, 1.82) is 0 Å². The van der Waals surface area contributed by atoms with E-state index in [9.17, 15) is 5.11 Å². The Morgan fingerprint density at radius 3 is 2.17 bits per heavy atom. The SMILES string of the molecule is CCCc1cc(N)c(O)c(N)c1. The summed E-state index contributed by atoms with van der Waals surface area (Å²) in [7, 11) is 0. The number of phenolic OH excluding ortho intramolecular Hbond substituents is 1. The van der Waals surface area contributed by atoms with Gasteiger partial charge in [0.05, 0.1) is 11.4 Å². The topological polar surface area (TPSA) is 72.3 Å². The van der Waals surface area contributed by atoms with E-state index < -0.39 is 0 Å². The fraction of sp³-hybridized carbons (Fsp3) is 0.333. The number of benzene rings is 1. The first kappa shape index (κ1) is 8.71. The normalized spacial score (nSPS) is 10.1. The predicted octanol–water partition coefficient (Wildman–Crippen LogP) is 1.51. The highest BCUT2D eigenvalue weighted by atomic mass is 16.3. The van der Waals surface area contributed by atoms with Crippen LogP contribution in [-0.4, -0.2) is 5.11 Å². The molecule has 0 saturated heterocycles. The van der Waals surface area contributed by atoms with Crippen LogP contribution in [0.25, 0.3) is 0 Å². The first-order valence-corrected chi connectivity index (χ1v) is 4.02. The summed E-state index contributed by atoms with van der Waals surface area (Å²) in [6.45, 7) is 2.08. The zero-order valence-corrected chi connectivity index (χ0v) is 7.17. The van der Waals surface area contributed by atoms with E-state index in [-0.39, 0.29) is 5.75 Å². The van der Waals surface area contributed by atoms with Gasteiger partial charge in [-0.2, -0.15) is 0 Å². The van der Waals surface area contributed by atoms with Crippen molar-refractivity contribution in [3.8, 4) is 5.75 Å². The molecule has 3 nitrogen and oxygen atoms in total. The summed E-state index contributed by atoms with van der Waals surface area (Å²) < 4.78 is 0. The lowest BCUT2D eigenvalue weighted by atomic mass is 10.1. The van der Waals surface area contributed by atoms with E-state index in [1.165, 1.54) is 0 Å². The fourth-order valence-corrected chi connectivity index (χ4v) is 1.18. The van der Waals surface area contributed by atoms with Crippen LogP contribution in [-0.2, 0) is 6.42 Å². The fourth-order valence-electron chi connectivity index (χ4n) is 1.18. The molecule has 0 saturated carbocycles. The molecule has 0 heterocycles. The quantitative estimate of drug-likeness (QED) is 0.460. The van der Waals surface area contributed by atoms with Gasteiger partial charge in [0.15, 0.2) is 5.75 Å². The van der Waals surface area contributed by atoms with Crippen molar-refractivity contribution in [2.24, 2.45) is 0 Å². The van der Waals surface area contributed by atoms with Crippen LogP contribution in [0.2, 0.25) is 0 Å². The van der Waals surface area contributed by atoms with E-state index in [0.717, 1.165) is 18.4 Å². The molecule has 0 aromatic heterocycles. The van der Waals surface area contributed by atoms with Gasteiger partial charge in [-0.15, -0.1) is 0 Å². The Balaban J connectivity index is 3.04. The summed E-state index contributed by atoms with van der Waals surface area (Å²) in [5, 5.41) is 9.25. The summed E-state index contributed by atoms with van der Waals surface area (Å²) in [6, 6.07) is 3.52. The maximum Gasteiger partial charge on any atom is 0.161 e. The molecule has 12 heavy (non-hydrogen) atoms. The Labute approximate surface area is 72.0 Å². The van der Waals surface area contributed by atoms with Crippen LogP contribution < -0.4 is 11.5 Å². The van der Waals surface area contributed by atoms with Crippen LogP contribution in [0.1, 0.15) is 18.9 Å². The molecule has 0 radical (unpaired) electrons. The molecule has 0 bridgehead atoms. The smallest absolute Gasteiger partial charge is 0.161 e. The van der Waals surface area contributed by atoms with Crippen LogP contribution >= 0.6 is 0 Å². The molecule has 0 aliphatic carbocycles. The van der Waals surface area contributed by atoms with E-state index in [1.807, 2.05) is 0 Å². The lowest BCUT2D eigenvalue weighted by Gasteiger charge is -2.05. The standard InChI is InChI=1S/C9H14N2O/c1-2-3-6-4-7(10)9(12)8(11)5-6/h4-5,12H,2-3,10-11H2,1H3. The molecule has 0 unspecified atom stereocenters. The van der Waals surface area contributed by atoms with Crippen molar-refractivity contribution in [2.45, 2.75) is 19.8 Å². The number of aryl methyl sites for hydroxylation is 1. The maximum atomic E-state index is 9.25. The maximum absolute atomic E-state index is 9.25. The summed E-state index contributed by atoms with van der Waals surface area (Å²) in [4.78, 5) is 0. The van der Waals surface area contributed by atoms with Gasteiger partial charge in [0.1, 0.15) is 0 Å². The van der Waals surface area contributed by atoms with Gasteiger partial charge in [-0.3, -0.25) is 0 Å².